The smallest absolute Gasteiger partial charge is 0.343 e. The Labute approximate surface area is 153 Å². The summed E-state index contributed by atoms with van der Waals surface area (Å²) in [6.07, 6.45) is 0.839. The molecule has 2 aromatic rings. The minimum Gasteiger partial charge on any atom is -0.491 e. The van der Waals surface area contributed by atoms with E-state index in [4.69, 9.17) is 14.2 Å². The first-order valence-corrected chi connectivity index (χ1v) is 8.69. The fourth-order valence-corrected chi connectivity index (χ4v) is 2.09. The van der Waals surface area contributed by atoms with Gasteiger partial charge in [0, 0.05) is 0 Å². The first-order valence-electron chi connectivity index (χ1n) is 8.69. The van der Waals surface area contributed by atoms with Crippen molar-refractivity contribution in [1.82, 2.24) is 0 Å². The highest BCUT2D eigenvalue weighted by atomic mass is 16.5. The number of carbonyl (C=O) groups is 2. The molecular weight excluding hydrogens is 332 g/mol. The van der Waals surface area contributed by atoms with Gasteiger partial charge >= 0.3 is 11.9 Å². The van der Waals surface area contributed by atoms with E-state index < -0.39 is 11.9 Å². The minimum atomic E-state index is -0.474. The average molecular weight is 356 g/mol. The molecule has 26 heavy (non-hydrogen) atoms. The number of carbonyl (C=O) groups excluding carboxylic acids is 2. The van der Waals surface area contributed by atoms with Crippen molar-refractivity contribution in [2.24, 2.45) is 0 Å². The number of esters is 2. The zero-order valence-corrected chi connectivity index (χ0v) is 15.5. The zero-order chi connectivity index (χ0) is 19.1. The molecule has 138 valence electrons. The van der Waals surface area contributed by atoms with Crippen LogP contribution < -0.4 is 9.47 Å². The van der Waals surface area contributed by atoms with Crippen LogP contribution in [0.15, 0.2) is 48.5 Å². The Morgan fingerprint density at radius 1 is 0.808 bits per heavy atom. The van der Waals surface area contributed by atoms with E-state index in [1.54, 1.807) is 62.4 Å². The Morgan fingerprint density at radius 3 is 1.81 bits per heavy atom. The van der Waals surface area contributed by atoms with Crippen molar-refractivity contribution in [2.75, 3.05) is 0 Å². The van der Waals surface area contributed by atoms with E-state index in [1.165, 1.54) is 0 Å². The van der Waals surface area contributed by atoms with Crippen LogP contribution in [0.1, 0.15) is 54.8 Å². The molecule has 0 saturated heterocycles. The first-order chi connectivity index (χ1) is 12.4. The predicted molar refractivity (Wildman–Crippen MR) is 98.8 cm³/mol. The summed E-state index contributed by atoms with van der Waals surface area (Å²) in [5, 5.41) is 0. The Kier molecular flexibility index (Phi) is 6.78. The van der Waals surface area contributed by atoms with Gasteiger partial charge in [0.2, 0.25) is 0 Å². The third-order valence-electron chi connectivity index (χ3n) is 3.65. The summed E-state index contributed by atoms with van der Waals surface area (Å²) in [5.41, 5.74) is 0.829. The molecule has 5 nitrogen and oxygen atoms in total. The van der Waals surface area contributed by atoms with Crippen LogP contribution in [0.4, 0.5) is 0 Å². The molecule has 0 aliphatic rings. The van der Waals surface area contributed by atoms with Gasteiger partial charge < -0.3 is 14.2 Å². The molecule has 0 bridgehead atoms. The second-order valence-electron chi connectivity index (χ2n) is 6.23. The van der Waals surface area contributed by atoms with Crippen molar-refractivity contribution < 1.29 is 23.8 Å². The van der Waals surface area contributed by atoms with Gasteiger partial charge in [-0.05, 0) is 75.7 Å². The first kappa shape index (κ1) is 19.5. The molecule has 2 rings (SSSR count). The maximum atomic E-state index is 12.2. The molecule has 5 heteroatoms. The molecule has 0 spiro atoms. The third kappa shape index (κ3) is 5.62. The summed E-state index contributed by atoms with van der Waals surface area (Å²) in [6, 6.07) is 13.1. The Hall–Kier alpha value is -2.82. The van der Waals surface area contributed by atoms with Gasteiger partial charge in [-0.3, -0.25) is 0 Å². The molecular formula is C21H24O5. The van der Waals surface area contributed by atoms with Crippen LogP contribution in [-0.2, 0) is 4.74 Å². The van der Waals surface area contributed by atoms with Crippen LogP contribution in [0.5, 0.6) is 11.5 Å². The van der Waals surface area contributed by atoms with Gasteiger partial charge in [-0.25, -0.2) is 9.59 Å². The van der Waals surface area contributed by atoms with Gasteiger partial charge in [-0.1, -0.05) is 6.92 Å². The van der Waals surface area contributed by atoms with Crippen LogP contribution in [0.3, 0.4) is 0 Å². The number of rotatable bonds is 7. The fourth-order valence-electron chi connectivity index (χ4n) is 2.09. The fraction of sp³-hybridized carbons (Fsp3) is 0.333. The molecule has 0 amide bonds. The summed E-state index contributed by atoms with van der Waals surface area (Å²) < 4.78 is 16.1. The van der Waals surface area contributed by atoms with Crippen molar-refractivity contribution in [3.63, 3.8) is 0 Å². The topological polar surface area (TPSA) is 61.8 Å². The Morgan fingerprint density at radius 2 is 1.31 bits per heavy atom. The molecule has 0 aromatic heterocycles. The van der Waals surface area contributed by atoms with Crippen molar-refractivity contribution >= 4 is 11.9 Å². The molecule has 0 aliphatic carbocycles. The number of benzene rings is 2. The molecule has 2 aromatic carbocycles. The average Bonchev–Trinajstić information content (AvgIpc) is 2.62. The predicted octanol–water partition coefficient (Wildman–Crippen LogP) is 4.65. The maximum absolute atomic E-state index is 12.2. The van der Waals surface area contributed by atoms with E-state index in [0.29, 0.717) is 22.6 Å². The molecule has 0 aliphatic heterocycles. The largest absolute Gasteiger partial charge is 0.491 e. The quantitative estimate of drug-likeness (QED) is 0.534. The van der Waals surface area contributed by atoms with E-state index in [-0.39, 0.29) is 12.2 Å². The van der Waals surface area contributed by atoms with Gasteiger partial charge in [0.05, 0.1) is 23.3 Å². The van der Waals surface area contributed by atoms with E-state index >= 15 is 0 Å². The number of hydrogen-bond acceptors (Lipinski definition) is 5. The maximum Gasteiger partial charge on any atom is 0.343 e. The van der Waals surface area contributed by atoms with Crippen molar-refractivity contribution in [1.29, 1.82) is 0 Å². The van der Waals surface area contributed by atoms with E-state index in [9.17, 15) is 9.59 Å². The van der Waals surface area contributed by atoms with E-state index in [2.05, 4.69) is 0 Å². The summed E-state index contributed by atoms with van der Waals surface area (Å²) in [5.74, 6) is 0.187. The normalized spacial score (nSPS) is 11.7. The number of hydrogen-bond donors (Lipinski definition) is 0. The van der Waals surface area contributed by atoms with Gasteiger partial charge in [0.15, 0.2) is 0 Å². The highest BCUT2D eigenvalue weighted by Gasteiger charge is 2.12. The monoisotopic (exact) mass is 356 g/mol. The minimum absolute atomic E-state index is 0.119. The second kappa shape index (κ2) is 9.04. The highest BCUT2D eigenvalue weighted by Crippen LogP contribution is 2.18. The van der Waals surface area contributed by atoms with Crippen molar-refractivity contribution in [3.05, 3.63) is 59.7 Å². The molecule has 0 radical (unpaired) electrons. The van der Waals surface area contributed by atoms with E-state index in [0.717, 1.165) is 6.42 Å². The standard InChI is InChI=1S/C21H24O5/c1-5-15(4)25-18-10-6-17(7-11-18)21(23)26-19-12-8-16(9-13-19)20(22)24-14(2)3/h6-15H,5H2,1-4H3. The lowest BCUT2D eigenvalue weighted by Crippen LogP contribution is -2.12. The molecule has 0 heterocycles. The molecule has 0 saturated carbocycles. The molecule has 0 N–H and O–H groups in total. The van der Waals surface area contributed by atoms with Gasteiger partial charge in [-0.2, -0.15) is 0 Å². The van der Waals surface area contributed by atoms with Crippen LogP contribution in [0.2, 0.25) is 0 Å². The number of ether oxygens (including phenoxy) is 3. The van der Waals surface area contributed by atoms with Crippen molar-refractivity contribution in [3.8, 4) is 11.5 Å². The van der Waals surface area contributed by atoms with Gasteiger partial charge in [0.25, 0.3) is 0 Å². The zero-order valence-electron chi connectivity index (χ0n) is 15.5. The lowest BCUT2D eigenvalue weighted by atomic mass is 10.2. The second-order valence-corrected chi connectivity index (χ2v) is 6.23. The summed E-state index contributed by atoms with van der Waals surface area (Å²) >= 11 is 0. The summed E-state index contributed by atoms with van der Waals surface area (Å²) in [6.45, 7) is 7.60. The highest BCUT2D eigenvalue weighted by molar-refractivity contribution is 5.92. The molecule has 1 unspecified atom stereocenters. The van der Waals surface area contributed by atoms with Crippen LogP contribution in [0.25, 0.3) is 0 Å². The summed E-state index contributed by atoms with van der Waals surface area (Å²) in [7, 11) is 0. The van der Waals surface area contributed by atoms with Gasteiger partial charge in [0.1, 0.15) is 11.5 Å². The summed E-state index contributed by atoms with van der Waals surface area (Å²) in [4.78, 5) is 24.0. The lowest BCUT2D eigenvalue weighted by molar-refractivity contribution is 0.0378. The van der Waals surface area contributed by atoms with Crippen LogP contribution in [-0.4, -0.2) is 24.1 Å². The lowest BCUT2D eigenvalue weighted by Gasteiger charge is -2.12. The Bertz CT molecular complexity index is 732. The van der Waals surface area contributed by atoms with Gasteiger partial charge in [-0.15, -0.1) is 0 Å². The van der Waals surface area contributed by atoms with E-state index in [1.807, 2.05) is 13.8 Å². The Balaban J connectivity index is 1.97. The van der Waals surface area contributed by atoms with Crippen molar-refractivity contribution in [2.45, 2.75) is 46.3 Å². The molecule has 0 fully saturated rings. The van der Waals surface area contributed by atoms with Crippen LogP contribution in [0, 0.1) is 0 Å². The van der Waals surface area contributed by atoms with Crippen LogP contribution >= 0.6 is 0 Å². The third-order valence-corrected chi connectivity index (χ3v) is 3.65. The SMILES string of the molecule is CCC(C)Oc1ccc(C(=O)Oc2ccc(C(=O)OC(C)C)cc2)cc1. The molecule has 1 atom stereocenters.